The Morgan fingerprint density at radius 2 is 1.72 bits per heavy atom. The standard InChI is InChI=1S/C13H24N2O2Si/c1-5-9-10-11-17-13(16)12(15-14)18(6-2,7-3)8-4/h9-10H,5-8,11H2,1-4H3/b10-9-. The molecular formula is C13H24N2O2Si. The topological polar surface area (TPSA) is 62.7 Å². The van der Waals surface area contributed by atoms with Crippen molar-refractivity contribution in [2.75, 3.05) is 6.61 Å². The van der Waals surface area contributed by atoms with Gasteiger partial charge in [0.05, 0.1) is 0 Å². The maximum absolute atomic E-state index is 11.9. The Balaban J connectivity index is 4.82. The summed E-state index contributed by atoms with van der Waals surface area (Å²) in [5.74, 6) is -0.463. The van der Waals surface area contributed by atoms with E-state index in [0.717, 1.165) is 24.6 Å². The maximum atomic E-state index is 11.9. The van der Waals surface area contributed by atoms with Gasteiger partial charge in [-0.05, 0) is 24.6 Å². The molecule has 0 aliphatic rings. The van der Waals surface area contributed by atoms with Crippen LogP contribution in [0.25, 0.3) is 5.53 Å². The number of nitrogens with zero attached hydrogens (tertiary/aromatic N) is 2. The number of carbonyl (C=O) groups excluding carboxylic acids is 1. The first kappa shape index (κ1) is 16.8. The Kier molecular flexibility index (Phi) is 8.25. The molecule has 0 N–H and O–H groups in total. The van der Waals surface area contributed by atoms with Crippen molar-refractivity contribution in [3.63, 3.8) is 0 Å². The van der Waals surface area contributed by atoms with E-state index in [1.54, 1.807) is 6.08 Å². The van der Waals surface area contributed by atoms with E-state index in [2.05, 4.69) is 25.6 Å². The van der Waals surface area contributed by atoms with Gasteiger partial charge in [-0.15, -0.1) is 0 Å². The minimum absolute atomic E-state index is 0.243. The molecule has 0 spiro atoms. The fourth-order valence-electron chi connectivity index (χ4n) is 2.04. The molecule has 0 aliphatic heterocycles. The second-order valence-corrected chi connectivity index (χ2v) is 9.42. The lowest BCUT2D eigenvalue weighted by Crippen LogP contribution is -2.48. The molecule has 0 atom stereocenters. The number of ether oxygens (including phenoxy) is 1. The highest BCUT2D eigenvalue weighted by atomic mass is 28.3. The second-order valence-electron chi connectivity index (χ2n) is 4.27. The summed E-state index contributed by atoms with van der Waals surface area (Å²) < 4.78 is 5.13. The molecule has 18 heavy (non-hydrogen) atoms. The molecule has 0 rings (SSSR count). The highest BCUT2D eigenvalue weighted by Crippen LogP contribution is 2.21. The molecule has 0 saturated carbocycles. The van der Waals surface area contributed by atoms with Crippen LogP contribution in [-0.2, 0) is 9.53 Å². The summed E-state index contributed by atoms with van der Waals surface area (Å²) in [7, 11) is -1.98. The van der Waals surface area contributed by atoms with Crippen LogP contribution in [0.15, 0.2) is 12.2 Å². The van der Waals surface area contributed by atoms with E-state index in [9.17, 15) is 4.79 Å². The molecule has 0 amide bonds. The van der Waals surface area contributed by atoms with Crippen molar-refractivity contribution in [1.29, 1.82) is 0 Å². The van der Waals surface area contributed by atoms with Gasteiger partial charge in [0.25, 0.3) is 0 Å². The molecule has 0 fully saturated rings. The van der Waals surface area contributed by atoms with Crippen LogP contribution >= 0.6 is 0 Å². The van der Waals surface area contributed by atoms with Gasteiger partial charge in [0.1, 0.15) is 6.61 Å². The van der Waals surface area contributed by atoms with Gasteiger partial charge in [-0.3, -0.25) is 0 Å². The monoisotopic (exact) mass is 268 g/mol. The first-order chi connectivity index (χ1) is 8.61. The summed E-state index contributed by atoms with van der Waals surface area (Å²) in [6, 6.07) is 2.66. The van der Waals surface area contributed by atoms with Crippen molar-refractivity contribution in [1.82, 2.24) is 0 Å². The van der Waals surface area contributed by atoms with Crippen LogP contribution in [0.3, 0.4) is 0 Å². The first-order valence-electron chi connectivity index (χ1n) is 6.66. The summed E-state index contributed by atoms with van der Waals surface area (Å²) in [5, 5.41) is 0.278. The third-order valence-electron chi connectivity index (χ3n) is 3.54. The van der Waals surface area contributed by atoms with E-state index < -0.39 is 14.0 Å². The van der Waals surface area contributed by atoms with Gasteiger partial charge >= 0.3 is 11.3 Å². The predicted octanol–water partition coefficient (Wildman–Crippen LogP) is 3.21. The van der Waals surface area contributed by atoms with Gasteiger partial charge < -0.3 is 10.3 Å². The lowest BCUT2D eigenvalue weighted by atomic mass is 10.4. The molecule has 0 heterocycles. The van der Waals surface area contributed by atoms with Crippen LogP contribution < -0.4 is 0 Å². The van der Waals surface area contributed by atoms with Crippen LogP contribution in [-0.4, -0.2) is 30.8 Å². The van der Waals surface area contributed by atoms with E-state index >= 15 is 0 Å². The molecule has 4 nitrogen and oxygen atoms in total. The van der Waals surface area contributed by atoms with E-state index in [1.165, 1.54) is 0 Å². The minimum Gasteiger partial charge on any atom is -0.453 e. The Morgan fingerprint density at radius 3 is 2.11 bits per heavy atom. The Labute approximate surface area is 111 Å². The van der Waals surface area contributed by atoms with Crippen molar-refractivity contribution in [3.8, 4) is 0 Å². The van der Waals surface area contributed by atoms with Crippen LogP contribution in [0, 0.1) is 0 Å². The van der Waals surface area contributed by atoms with Crippen molar-refractivity contribution >= 4 is 19.4 Å². The quantitative estimate of drug-likeness (QED) is 0.169. The normalized spacial score (nSPS) is 11.3. The number of rotatable bonds is 8. The summed E-state index contributed by atoms with van der Waals surface area (Å²) in [6.07, 6.45) is 4.66. The summed E-state index contributed by atoms with van der Waals surface area (Å²) in [4.78, 5) is 15.2. The van der Waals surface area contributed by atoms with Crippen molar-refractivity contribution in [2.24, 2.45) is 0 Å². The number of hydrogen-bond acceptors (Lipinski definition) is 2. The molecule has 0 aromatic heterocycles. The predicted molar refractivity (Wildman–Crippen MR) is 76.2 cm³/mol. The molecule has 5 heteroatoms. The van der Waals surface area contributed by atoms with Crippen molar-refractivity contribution in [3.05, 3.63) is 17.7 Å². The van der Waals surface area contributed by atoms with Crippen molar-refractivity contribution in [2.45, 2.75) is 52.2 Å². The molecule has 0 bridgehead atoms. The molecule has 0 aliphatic carbocycles. The van der Waals surface area contributed by atoms with Crippen molar-refractivity contribution < 1.29 is 14.3 Å². The lowest BCUT2D eigenvalue weighted by molar-refractivity contribution is -0.138. The third kappa shape index (κ3) is 4.24. The van der Waals surface area contributed by atoms with E-state index in [-0.39, 0.29) is 11.9 Å². The molecule has 0 radical (unpaired) electrons. The smallest absolute Gasteiger partial charge is 0.410 e. The Hall–Kier alpha value is -1.19. The largest absolute Gasteiger partial charge is 0.453 e. The first-order valence-corrected chi connectivity index (χ1v) is 9.28. The van der Waals surface area contributed by atoms with Gasteiger partial charge in [-0.2, -0.15) is 4.79 Å². The zero-order valence-electron chi connectivity index (χ0n) is 11.9. The molecule has 102 valence electrons. The highest BCUT2D eigenvalue weighted by Gasteiger charge is 2.46. The van der Waals surface area contributed by atoms with Crippen LogP contribution in [0.2, 0.25) is 18.1 Å². The number of carbonyl (C=O) groups is 1. The van der Waals surface area contributed by atoms with Gasteiger partial charge in [-0.25, -0.2) is 4.79 Å². The zero-order chi connectivity index (χ0) is 14.0. The molecular weight excluding hydrogens is 244 g/mol. The SMILES string of the molecule is CC/C=C\COC(=O)C(=[N+]=[N-])[Si](CC)(CC)CC. The third-order valence-corrected chi connectivity index (χ3v) is 8.91. The molecule has 0 unspecified atom stereocenters. The summed E-state index contributed by atoms with van der Waals surface area (Å²) in [6.45, 7) is 8.41. The number of hydrogen-bond donors (Lipinski definition) is 0. The molecule has 0 saturated heterocycles. The van der Waals surface area contributed by atoms with Gasteiger partial charge in [0, 0.05) is 0 Å². The molecule has 0 aromatic rings. The fourth-order valence-corrected chi connectivity index (χ4v) is 5.26. The number of allylic oxidation sites excluding steroid dienone is 1. The zero-order valence-corrected chi connectivity index (χ0v) is 12.9. The minimum atomic E-state index is -1.98. The second kappa shape index (κ2) is 8.83. The average Bonchev–Trinajstić information content (AvgIpc) is 2.41. The van der Waals surface area contributed by atoms with Gasteiger partial charge in [0.15, 0.2) is 0 Å². The van der Waals surface area contributed by atoms with Crippen LogP contribution in [0.4, 0.5) is 0 Å². The van der Waals surface area contributed by atoms with Gasteiger partial charge in [-0.1, -0.05) is 39.8 Å². The highest BCUT2D eigenvalue weighted by molar-refractivity contribution is 7.13. The average molecular weight is 268 g/mol. The Morgan fingerprint density at radius 1 is 1.17 bits per heavy atom. The maximum Gasteiger partial charge on any atom is 0.410 e. The van der Waals surface area contributed by atoms with E-state index in [0.29, 0.717) is 0 Å². The summed E-state index contributed by atoms with van der Waals surface area (Å²) in [5.41, 5.74) is 9.13. The van der Waals surface area contributed by atoms with Crippen LogP contribution in [0.5, 0.6) is 0 Å². The van der Waals surface area contributed by atoms with E-state index in [4.69, 9.17) is 10.3 Å². The van der Waals surface area contributed by atoms with Crippen LogP contribution in [0.1, 0.15) is 34.1 Å². The van der Waals surface area contributed by atoms with E-state index in [1.807, 2.05) is 13.0 Å². The fraction of sp³-hybridized carbons (Fsp3) is 0.692. The number of esters is 1. The lowest BCUT2D eigenvalue weighted by Gasteiger charge is -2.20. The molecule has 0 aromatic carbocycles. The summed E-state index contributed by atoms with van der Waals surface area (Å²) >= 11 is 0. The van der Waals surface area contributed by atoms with Gasteiger partial charge in [0.2, 0.25) is 8.07 Å². The Bertz CT molecular complexity index is 335.